The van der Waals surface area contributed by atoms with Crippen LogP contribution in [0.3, 0.4) is 0 Å². The summed E-state index contributed by atoms with van der Waals surface area (Å²) in [6.07, 6.45) is 3.79. The normalized spacial score (nSPS) is 12.4. The number of nitrogens with two attached hydrogens (primary N) is 1. The molecule has 0 spiro atoms. The van der Waals surface area contributed by atoms with Crippen LogP contribution in [0.25, 0.3) is 0 Å². The second-order valence-corrected chi connectivity index (χ2v) is 6.14. The summed E-state index contributed by atoms with van der Waals surface area (Å²) in [5.41, 5.74) is 9.42. The molecule has 0 amide bonds. The van der Waals surface area contributed by atoms with Crippen molar-refractivity contribution >= 4 is 11.8 Å². The minimum Gasteiger partial charge on any atom is -0.327 e. The van der Waals surface area contributed by atoms with Gasteiger partial charge in [-0.25, -0.2) is 9.97 Å². The first-order valence-corrected chi connectivity index (χ1v) is 7.72. The Hall–Kier alpha value is -1.39. The molecule has 0 aliphatic carbocycles. The van der Waals surface area contributed by atoms with Crippen molar-refractivity contribution in [3.05, 3.63) is 47.3 Å². The van der Waals surface area contributed by atoms with Gasteiger partial charge in [0.1, 0.15) is 10.1 Å². The third-order valence-corrected chi connectivity index (χ3v) is 3.97. The number of pyridine rings is 2. The smallest absolute Gasteiger partial charge is 0.103 e. The molecule has 2 aromatic rings. The van der Waals surface area contributed by atoms with Crippen LogP contribution in [0.15, 0.2) is 40.5 Å². The highest BCUT2D eigenvalue weighted by atomic mass is 32.2. The maximum absolute atomic E-state index is 5.96. The molecule has 0 aromatic carbocycles. The summed E-state index contributed by atoms with van der Waals surface area (Å²) in [4.78, 5) is 9.00. The van der Waals surface area contributed by atoms with Crippen LogP contribution in [0.4, 0.5) is 0 Å². The van der Waals surface area contributed by atoms with Crippen molar-refractivity contribution in [2.24, 2.45) is 5.73 Å². The number of hydrogen-bond donors (Lipinski definition) is 1. The molecule has 1 atom stereocenters. The van der Waals surface area contributed by atoms with Crippen LogP contribution in [0, 0.1) is 13.8 Å². The SMILES string of the molecule is CCC(N)Cc1ccc(Sc2cc(C)cc(C)n2)nc1. The zero-order valence-corrected chi connectivity index (χ0v) is 13.1. The van der Waals surface area contributed by atoms with Crippen LogP contribution in [0.5, 0.6) is 0 Å². The van der Waals surface area contributed by atoms with Gasteiger partial charge in [-0.3, -0.25) is 0 Å². The molecule has 0 fully saturated rings. The highest BCUT2D eigenvalue weighted by Gasteiger charge is 2.05. The Morgan fingerprint density at radius 1 is 1.20 bits per heavy atom. The number of aromatic nitrogens is 2. The summed E-state index contributed by atoms with van der Waals surface area (Å²) in [5.74, 6) is 0. The zero-order valence-electron chi connectivity index (χ0n) is 12.3. The van der Waals surface area contributed by atoms with Gasteiger partial charge in [-0.05, 0) is 56.0 Å². The van der Waals surface area contributed by atoms with E-state index < -0.39 is 0 Å². The summed E-state index contributed by atoms with van der Waals surface area (Å²) in [6, 6.07) is 8.53. The lowest BCUT2D eigenvalue weighted by atomic mass is 10.1. The molecule has 106 valence electrons. The summed E-state index contributed by atoms with van der Waals surface area (Å²) in [6.45, 7) is 6.20. The molecule has 1 unspecified atom stereocenters. The van der Waals surface area contributed by atoms with Crippen molar-refractivity contribution in [3.63, 3.8) is 0 Å². The van der Waals surface area contributed by atoms with Crippen LogP contribution < -0.4 is 5.73 Å². The van der Waals surface area contributed by atoms with Crippen LogP contribution in [0.2, 0.25) is 0 Å². The summed E-state index contributed by atoms with van der Waals surface area (Å²) >= 11 is 1.60. The summed E-state index contributed by atoms with van der Waals surface area (Å²) < 4.78 is 0. The molecule has 0 saturated heterocycles. The van der Waals surface area contributed by atoms with Crippen molar-refractivity contribution in [1.82, 2.24) is 9.97 Å². The van der Waals surface area contributed by atoms with E-state index in [-0.39, 0.29) is 6.04 Å². The van der Waals surface area contributed by atoms with Gasteiger partial charge in [0.05, 0.1) is 0 Å². The van der Waals surface area contributed by atoms with Crippen LogP contribution in [0.1, 0.15) is 30.2 Å². The number of hydrogen-bond acceptors (Lipinski definition) is 4. The van der Waals surface area contributed by atoms with Crippen LogP contribution >= 0.6 is 11.8 Å². The molecule has 4 heteroatoms. The van der Waals surface area contributed by atoms with Gasteiger partial charge >= 0.3 is 0 Å². The maximum Gasteiger partial charge on any atom is 0.103 e. The molecule has 3 nitrogen and oxygen atoms in total. The van der Waals surface area contributed by atoms with Gasteiger partial charge < -0.3 is 5.73 Å². The van der Waals surface area contributed by atoms with Gasteiger partial charge in [0.2, 0.25) is 0 Å². The Labute approximate surface area is 125 Å². The van der Waals surface area contributed by atoms with Crippen molar-refractivity contribution in [2.45, 2.75) is 49.7 Å². The summed E-state index contributed by atoms with van der Waals surface area (Å²) in [5, 5.41) is 1.96. The predicted molar refractivity (Wildman–Crippen MR) is 84.0 cm³/mol. The van der Waals surface area contributed by atoms with E-state index in [0.29, 0.717) is 0 Å². The van der Waals surface area contributed by atoms with Crippen LogP contribution in [-0.2, 0) is 6.42 Å². The lowest BCUT2D eigenvalue weighted by molar-refractivity contribution is 0.644. The van der Waals surface area contributed by atoms with E-state index in [1.54, 1.807) is 11.8 Å². The van der Waals surface area contributed by atoms with E-state index in [9.17, 15) is 0 Å². The third kappa shape index (κ3) is 4.32. The number of rotatable bonds is 5. The van der Waals surface area contributed by atoms with Crippen molar-refractivity contribution in [3.8, 4) is 0 Å². The quantitative estimate of drug-likeness (QED) is 0.914. The lowest BCUT2D eigenvalue weighted by Gasteiger charge is -2.08. The monoisotopic (exact) mass is 287 g/mol. The fourth-order valence-corrected chi connectivity index (χ4v) is 2.89. The van der Waals surface area contributed by atoms with E-state index in [0.717, 1.165) is 28.6 Å². The predicted octanol–water partition coefficient (Wildman–Crippen LogP) is 3.52. The minimum atomic E-state index is 0.219. The topological polar surface area (TPSA) is 51.8 Å². The first-order valence-electron chi connectivity index (χ1n) is 6.90. The van der Waals surface area contributed by atoms with Gasteiger partial charge in [0.25, 0.3) is 0 Å². The first kappa shape index (κ1) is 15.0. The Morgan fingerprint density at radius 2 is 2.00 bits per heavy atom. The van der Waals surface area contributed by atoms with Gasteiger partial charge in [-0.1, -0.05) is 24.8 Å². The Bertz CT molecular complexity index is 546. The van der Waals surface area contributed by atoms with Gasteiger partial charge in [0.15, 0.2) is 0 Å². The summed E-state index contributed by atoms with van der Waals surface area (Å²) in [7, 11) is 0. The molecule has 2 heterocycles. The number of aryl methyl sites for hydroxylation is 2. The van der Waals surface area contributed by atoms with Crippen molar-refractivity contribution in [2.75, 3.05) is 0 Å². The minimum absolute atomic E-state index is 0.219. The van der Waals surface area contributed by atoms with E-state index in [1.807, 2.05) is 19.2 Å². The van der Waals surface area contributed by atoms with Gasteiger partial charge in [0, 0.05) is 17.9 Å². The lowest BCUT2D eigenvalue weighted by Crippen LogP contribution is -2.21. The largest absolute Gasteiger partial charge is 0.327 e. The van der Waals surface area contributed by atoms with E-state index in [1.165, 1.54) is 11.1 Å². The second-order valence-electron chi connectivity index (χ2n) is 5.10. The fourth-order valence-electron chi connectivity index (χ4n) is 2.00. The molecule has 2 rings (SSSR count). The first-order chi connectivity index (χ1) is 9.56. The molecule has 0 aliphatic rings. The molecular formula is C16H21N3S. The number of nitrogens with zero attached hydrogens (tertiary/aromatic N) is 2. The standard InChI is InChI=1S/C16H21N3S/c1-4-14(17)9-13-5-6-15(18-10-13)20-16-8-11(2)7-12(3)19-16/h5-8,10,14H,4,9,17H2,1-3H3. The molecule has 0 aliphatic heterocycles. The Kier molecular flexibility index (Phi) is 5.15. The maximum atomic E-state index is 5.96. The molecule has 2 aromatic heterocycles. The molecule has 0 radical (unpaired) electrons. The van der Waals surface area contributed by atoms with E-state index in [4.69, 9.17) is 5.73 Å². The fraction of sp³-hybridized carbons (Fsp3) is 0.375. The molecule has 2 N–H and O–H groups in total. The van der Waals surface area contributed by atoms with Crippen LogP contribution in [-0.4, -0.2) is 16.0 Å². The van der Waals surface area contributed by atoms with Crippen molar-refractivity contribution in [1.29, 1.82) is 0 Å². The van der Waals surface area contributed by atoms with Gasteiger partial charge in [-0.15, -0.1) is 0 Å². The third-order valence-electron chi connectivity index (χ3n) is 3.10. The zero-order chi connectivity index (χ0) is 14.5. The van der Waals surface area contributed by atoms with E-state index >= 15 is 0 Å². The average molecular weight is 287 g/mol. The second kappa shape index (κ2) is 6.86. The molecule has 0 bridgehead atoms. The molecule has 20 heavy (non-hydrogen) atoms. The highest BCUT2D eigenvalue weighted by molar-refractivity contribution is 7.99. The average Bonchev–Trinajstić information content (AvgIpc) is 2.39. The van der Waals surface area contributed by atoms with E-state index in [2.05, 4.69) is 42.0 Å². The Morgan fingerprint density at radius 3 is 2.60 bits per heavy atom. The molecular weight excluding hydrogens is 266 g/mol. The highest BCUT2D eigenvalue weighted by Crippen LogP contribution is 2.25. The van der Waals surface area contributed by atoms with Gasteiger partial charge in [-0.2, -0.15) is 0 Å². The van der Waals surface area contributed by atoms with Crippen molar-refractivity contribution < 1.29 is 0 Å². The molecule has 0 saturated carbocycles. The Balaban J connectivity index is 2.06.